The Morgan fingerprint density at radius 1 is 1.26 bits per heavy atom. The Kier molecular flexibility index (Phi) is 5.02. The number of carbonyl (C=O) groups is 1. The number of nitrogens with zero attached hydrogens (tertiary/aromatic N) is 1. The van der Waals surface area contributed by atoms with Gasteiger partial charge in [-0.1, -0.05) is 6.07 Å². The van der Waals surface area contributed by atoms with Crippen molar-refractivity contribution in [3.05, 3.63) is 46.7 Å². The number of Topliss-reactive ketones (excluding diaryl/α,β-unsaturated/α-hetero) is 1. The minimum Gasteiger partial charge on any atom is -0.497 e. The number of rotatable bonds is 6. The number of hydrogen-bond acceptors (Lipinski definition) is 7. The molecule has 0 saturated carbocycles. The number of hydrogen-bond donors (Lipinski definition) is 1. The van der Waals surface area contributed by atoms with Gasteiger partial charge < -0.3 is 14.2 Å². The Bertz CT molecular complexity index is 677. The lowest BCUT2D eigenvalue weighted by atomic mass is 10.2. The first-order valence-corrected chi connectivity index (χ1v) is 7.95. The van der Waals surface area contributed by atoms with Crippen LogP contribution < -0.4 is 10.2 Å². The molecule has 1 aromatic heterocycles. The number of carbonyl (C=O) groups excluding carboxylic acids is 1. The van der Waals surface area contributed by atoms with Crippen LogP contribution in [0.2, 0.25) is 0 Å². The summed E-state index contributed by atoms with van der Waals surface area (Å²) in [5, 5.41) is 6.07. The van der Waals surface area contributed by atoms with Crippen molar-refractivity contribution in [3.63, 3.8) is 0 Å². The summed E-state index contributed by atoms with van der Waals surface area (Å²) in [7, 11) is 1.60. The second-order valence-electron chi connectivity index (χ2n) is 4.72. The Balaban J connectivity index is 1.80. The first-order valence-electron chi connectivity index (χ1n) is 7.07. The van der Waals surface area contributed by atoms with Gasteiger partial charge in [-0.25, -0.2) is 0 Å². The van der Waals surface area contributed by atoms with Crippen molar-refractivity contribution in [2.24, 2.45) is 5.10 Å². The van der Waals surface area contributed by atoms with E-state index in [2.05, 4.69) is 10.5 Å². The van der Waals surface area contributed by atoms with Crippen LogP contribution in [0.1, 0.15) is 9.67 Å². The van der Waals surface area contributed by atoms with Crippen LogP contribution in [-0.2, 0) is 9.47 Å². The summed E-state index contributed by atoms with van der Waals surface area (Å²) in [6.07, 6.45) is -0.740. The molecule has 1 fully saturated rings. The monoisotopic (exact) mass is 332 g/mol. The van der Waals surface area contributed by atoms with Crippen molar-refractivity contribution >= 4 is 28.5 Å². The quantitative estimate of drug-likeness (QED) is 0.500. The third-order valence-electron chi connectivity index (χ3n) is 3.22. The van der Waals surface area contributed by atoms with Gasteiger partial charge in [0.2, 0.25) is 12.1 Å². The van der Waals surface area contributed by atoms with E-state index in [0.29, 0.717) is 18.1 Å². The lowest BCUT2D eigenvalue weighted by molar-refractivity contribution is 0.0140. The number of benzene rings is 1. The number of nitrogens with one attached hydrogen (secondary N) is 1. The zero-order chi connectivity index (χ0) is 16.1. The normalized spacial score (nSPS) is 15.6. The molecule has 23 heavy (non-hydrogen) atoms. The lowest BCUT2D eigenvalue weighted by Crippen LogP contribution is -2.30. The van der Waals surface area contributed by atoms with E-state index in [9.17, 15) is 4.79 Å². The molecule has 1 saturated heterocycles. The molecular weight excluding hydrogens is 316 g/mol. The fraction of sp³-hybridized carbons (Fsp3) is 0.250. The van der Waals surface area contributed by atoms with Crippen molar-refractivity contribution in [2.45, 2.75) is 6.29 Å². The molecule has 2 heterocycles. The molecule has 2 aromatic rings. The van der Waals surface area contributed by atoms with E-state index in [1.54, 1.807) is 25.3 Å². The first kappa shape index (κ1) is 15.7. The SMILES string of the molecule is COc1ccc(N/N=C(/C(=O)c2cccs2)C2OCCO2)cc1. The van der Waals surface area contributed by atoms with Crippen molar-refractivity contribution in [1.82, 2.24) is 0 Å². The summed E-state index contributed by atoms with van der Waals surface area (Å²) in [4.78, 5) is 13.2. The average molecular weight is 332 g/mol. The van der Waals surface area contributed by atoms with Gasteiger partial charge >= 0.3 is 0 Å². The lowest BCUT2D eigenvalue weighted by Gasteiger charge is -2.11. The number of ketones is 1. The Morgan fingerprint density at radius 3 is 2.61 bits per heavy atom. The van der Waals surface area contributed by atoms with Gasteiger partial charge in [0.25, 0.3) is 0 Å². The van der Waals surface area contributed by atoms with E-state index >= 15 is 0 Å². The molecule has 1 N–H and O–H groups in total. The van der Waals surface area contributed by atoms with Crippen LogP contribution in [0.4, 0.5) is 5.69 Å². The molecule has 0 bridgehead atoms. The maximum Gasteiger partial charge on any atom is 0.224 e. The molecule has 0 unspecified atom stereocenters. The van der Waals surface area contributed by atoms with Gasteiger partial charge in [-0.2, -0.15) is 5.10 Å². The second kappa shape index (κ2) is 7.36. The van der Waals surface area contributed by atoms with Crippen LogP contribution in [0, 0.1) is 0 Å². The maximum absolute atomic E-state index is 12.6. The van der Waals surface area contributed by atoms with Crippen LogP contribution in [0.5, 0.6) is 5.75 Å². The predicted octanol–water partition coefficient (Wildman–Crippen LogP) is 2.78. The first-order chi connectivity index (χ1) is 11.3. The summed E-state index contributed by atoms with van der Waals surface area (Å²) >= 11 is 1.36. The molecule has 1 aliphatic heterocycles. The highest BCUT2D eigenvalue weighted by molar-refractivity contribution is 7.13. The number of anilines is 1. The van der Waals surface area contributed by atoms with E-state index < -0.39 is 6.29 Å². The maximum atomic E-state index is 12.6. The van der Waals surface area contributed by atoms with Gasteiger partial charge in [-0.05, 0) is 35.7 Å². The number of thiophene rings is 1. The van der Waals surface area contributed by atoms with Gasteiger partial charge in [0.05, 0.1) is 30.9 Å². The summed E-state index contributed by atoms with van der Waals surface area (Å²) in [6.45, 7) is 0.897. The summed E-state index contributed by atoms with van der Waals surface area (Å²) in [6, 6.07) is 10.8. The standard InChI is InChI=1S/C16H16N2O4S/c1-20-12-6-4-11(5-7-12)17-18-14(16-21-8-9-22-16)15(19)13-3-2-10-23-13/h2-7,10,16-17H,8-9H2,1H3/b18-14-. The zero-order valence-electron chi connectivity index (χ0n) is 12.5. The third kappa shape index (κ3) is 3.76. The Morgan fingerprint density at radius 2 is 2.00 bits per heavy atom. The Hall–Kier alpha value is -2.22. The van der Waals surface area contributed by atoms with Gasteiger partial charge in [0.15, 0.2) is 5.71 Å². The molecule has 0 atom stereocenters. The summed E-state index contributed by atoms with van der Waals surface area (Å²) in [5.74, 6) is 0.546. The molecule has 0 amide bonds. The second-order valence-corrected chi connectivity index (χ2v) is 5.66. The van der Waals surface area contributed by atoms with Gasteiger partial charge in [-0.15, -0.1) is 11.3 Å². The van der Waals surface area contributed by atoms with Crippen LogP contribution >= 0.6 is 11.3 Å². The zero-order valence-corrected chi connectivity index (χ0v) is 13.3. The van der Waals surface area contributed by atoms with E-state index in [1.165, 1.54) is 11.3 Å². The average Bonchev–Trinajstić information content (AvgIpc) is 3.29. The minimum absolute atomic E-state index is 0.201. The summed E-state index contributed by atoms with van der Waals surface area (Å²) < 4.78 is 16.0. The molecule has 0 aliphatic carbocycles. The largest absolute Gasteiger partial charge is 0.497 e. The molecular formula is C16H16N2O4S. The van der Waals surface area contributed by atoms with Crippen LogP contribution in [0.15, 0.2) is 46.9 Å². The predicted molar refractivity (Wildman–Crippen MR) is 88.4 cm³/mol. The van der Waals surface area contributed by atoms with Crippen LogP contribution in [-0.4, -0.2) is 38.1 Å². The van der Waals surface area contributed by atoms with Crippen LogP contribution in [0.25, 0.3) is 0 Å². The number of hydrazone groups is 1. The molecule has 3 rings (SSSR count). The van der Waals surface area contributed by atoms with Gasteiger partial charge in [-0.3, -0.25) is 10.2 Å². The molecule has 0 radical (unpaired) electrons. The minimum atomic E-state index is -0.740. The fourth-order valence-electron chi connectivity index (χ4n) is 2.05. The number of methoxy groups -OCH3 is 1. The highest BCUT2D eigenvalue weighted by atomic mass is 32.1. The van der Waals surface area contributed by atoms with Crippen molar-refractivity contribution in [1.29, 1.82) is 0 Å². The molecule has 0 spiro atoms. The van der Waals surface area contributed by atoms with E-state index in [-0.39, 0.29) is 11.5 Å². The number of ether oxygens (including phenoxy) is 3. The van der Waals surface area contributed by atoms with Crippen molar-refractivity contribution in [2.75, 3.05) is 25.7 Å². The topological polar surface area (TPSA) is 69.2 Å². The Labute approximate surface area is 137 Å². The fourth-order valence-corrected chi connectivity index (χ4v) is 2.72. The van der Waals surface area contributed by atoms with E-state index in [4.69, 9.17) is 14.2 Å². The van der Waals surface area contributed by atoms with E-state index in [1.807, 2.05) is 23.6 Å². The van der Waals surface area contributed by atoms with Crippen molar-refractivity contribution < 1.29 is 19.0 Å². The van der Waals surface area contributed by atoms with Crippen LogP contribution in [0.3, 0.4) is 0 Å². The molecule has 1 aliphatic rings. The summed E-state index contributed by atoms with van der Waals surface area (Å²) in [5.41, 5.74) is 3.82. The van der Waals surface area contributed by atoms with E-state index in [0.717, 1.165) is 11.4 Å². The van der Waals surface area contributed by atoms with Crippen molar-refractivity contribution in [3.8, 4) is 5.75 Å². The molecule has 7 heteroatoms. The highest BCUT2D eigenvalue weighted by Gasteiger charge is 2.29. The highest BCUT2D eigenvalue weighted by Crippen LogP contribution is 2.18. The van der Waals surface area contributed by atoms with Gasteiger partial charge in [0.1, 0.15) is 5.75 Å². The van der Waals surface area contributed by atoms with Gasteiger partial charge in [0, 0.05) is 0 Å². The smallest absolute Gasteiger partial charge is 0.224 e. The molecule has 1 aromatic carbocycles. The molecule has 120 valence electrons. The third-order valence-corrected chi connectivity index (χ3v) is 4.09. The molecule has 6 nitrogen and oxygen atoms in total.